The standard InChI is InChI=1S/C13H25NO/c1-14(12-7-4-8-12)10-13(15)9-11-5-2-3-6-11/h11-13,15H,2-10H2,1H3. The van der Waals surface area contributed by atoms with Crippen molar-refractivity contribution in [1.29, 1.82) is 0 Å². The van der Waals surface area contributed by atoms with E-state index in [1.807, 2.05) is 0 Å². The number of aliphatic hydroxyl groups excluding tert-OH is 1. The molecule has 2 heteroatoms. The lowest BCUT2D eigenvalue weighted by molar-refractivity contribution is 0.0636. The zero-order chi connectivity index (χ0) is 10.7. The van der Waals surface area contributed by atoms with Crippen LogP contribution >= 0.6 is 0 Å². The van der Waals surface area contributed by atoms with Gasteiger partial charge in [-0.05, 0) is 32.2 Å². The molecule has 0 bridgehead atoms. The van der Waals surface area contributed by atoms with Gasteiger partial charge in [0.05, 0.1) is 6.10 Å². The van der Waals surface area contributed by atoms with Crippen molar-refractivity contribution in [2.45, 2.75) is 63.5 Å². The molecule has 0 aromatic carbocycles. The number of rotatable bonds is 5. The molecule has 0 radical (unpaired) electrons. The zero-order valence-electron chi connectivity index (χ0n) is 9.99. The van der Waals surface area contributed by atoms with Crippen LogP contribution < -0.4 is 0 Å². The van der Waals surface area contributed by atoms with Crippen molar-refractivity contribution in [3.8, 4) is 0 Å². The molecular weight excluding hydrogens is 186 g/mol. The molecular formula is C13H25NO. The Morgan fingerprint density at radius 2 is 1.80 bits per heavy atom. The van der Waals surface area contributed by atoms with Gasteiger partial charge in [-0.3, -0.25) is 0 Å². The second kappa shape index (κ2) is 5.31. The van der Waals surface area contributed by atoms with Crippen LogP contribution in [-0.4, -0.2) is 35.7 Å². The molecule has 15 heavy (non-hydrogen) atoms. The van der Waals surface area contributed by atoms with Crippen molar-refractivity contribution in [2.75, 3.05) is 13.6 Å². The predicted octanol–water partition coefficient (Wildman–Crippen LogP) is 2.41. The molecule has 1 unspecified atom stereocenters. The van der Waals surface area contributed by atoms with E-state index >= 15 is 0 Å². The summed E-state index contributed by atoms with van der Waals surface area (Å²) in [5, 5.41) is 10.0. The highest BCUT2D eigenvalue weighted by Gasteiger charge is 2.25. The van der Waals surface area contributed by atoms with E-state index in [1.54, 1.807) is 0 Å². The van der Waals surface area contributed by atoms with E-state index in [0.29, 0.717) is 0 Å². The predicted molar refractivity (Wildman–Crippen MR) is 62.9 cm³/mol. The fourth-order valence-corrected chi connectivity index (χ4v) is 3.01. The lowest BCUT2D eigenvalue weighted by atomic mass is 9.91. The van der Waals surface area contributed by atoms with Crippen LogP contribution in [0.1, 0.15) is 51.4 Å². The Kier molecular flexibility index (Phi) is 4.04. The lowest BCUT2D eigenvalue weighted by Crippen LogP contribution is -2.41. The number of aliphatic hydroxyl groups is 1. The third-order valence-electron chi connectivity index (χ3n) is 4.28. The molecule has 2 rings (SSSR count). The minimum atomic E-state index is -0.0845. The first-order chi connectivity index (χ1) is 7.25. The maximum Gasteiger partial charge on any atom is 0.0669 e. The van der Waals surface area contributed by atoms with E-state index in [2.05, 4.69) is 11.9 Å². The Hall–Kier alpha value is -0.0800. The van der Waals surface area contributed by atoms with Gasteiger partial charge < -0.3 is 10.0 Å². The topological polar surface area (TPSA) is 23.5 Å². The monoisotopic (exact) mass is 211 g/mol. The van der Waals surface area contributed by atoms with Gasteiger partial charge in [0.15, 0.2) is 0 Å². The first-order valence-corrected chi connectivity index (χ1v) is 6.64. The van der Waals surface area contributed by atoms with E-state index in [-0.39, 0.29) is 6.10 Å². The average molecular weight is 211 g/mol. The minimum Gasteiger partial charge on any atom is -0.392 e. The fourth-order valence-electron chi connectivity index (χ4n) is 3.01. The smallest absolute Gasteiger partial charge is 0.0669 e. The average Bonchev–Trinajstić information content (AvgIpc) is 2.52. The first kappa shape index (κ1) is 11.4. The van der Waals surface area contributed by atoms with E-state index in [4.69, 9.17) is 0 Å². The van der Waals surface area contributed by atoms with Crippen LogP contribution in [0.2, 0.25) is 0 Å². The summed E-state index contributed by atoms with van der Waals surface area (Å²) in [4.78, 5) is 2.36. The Labute approximate surface area is 93.7 Å². The maximum absolute atomic E-state index is 10.0. The molecule has 0 spiro atoms. The summed E-state index contributed by atoms with van der Waals surface area (Å²) in [6.07, 6.45) is 10.5. The third-order valence-corrected chi connectivity index (χ3v) is 4.28. The quantitative estimate of drug-likeness (QED) is 0.755. The van der Waals surface area contributed by atoms with Crippen molar-refractivity contribution in [3.63, 3.8) is 0 Å². The molecule has 1 atom stereocenters. The Morgan fingerprint density at radius 3 is 2.33 bits per heavy atom. The van der Waals surface area contributed by atoms with Crippen LogP contribution in [0.3, 0.4) is 0 Å². The number of hydrogen-bond acceptors (Lipinski definition) is 2. The van der Waals surface area contributed by atoms with Crippen LogP contribution in [0.25, 0.3) is 0 Å². The van der Waals surface area contributed by atoms with Gasteiger partial charge in [-0.1, -0.05) is 32.1 Å². The summed E-state index contributed by atoms with van der Waals surface area (Å²) in [6, 6.07) is 0.767. The highest BCUT2D eigenvalue weighted by atomic mass is 16.3. The summed E-state index contributed by atoms with van der Waals surface area (Å²) < 4.78 is 0. The first-order valence-electron chi connectivity index (χ1n) is 6.64. The van der Waals surface area contributed by atoms with Gasteiger partial charge in [0, 0.05) is 12.6 Å². The normalized spacial score (nSPS) is 25.8. The van der Waals surface area contributed by atoms with Gasteiger partial charge in [-0.15, -0.1) is 0 Å². The molecule has 2 aliphatic rings. The molecule has 2 fully saturated rings. The maximum atomic E-state index is 10.0. The van der Waals surface area contributed by atoms with Gasteiger partial charge in [0.25, 0.3) is 0 Å². The van der Waals surface area contributed by atoms with Crippen molar-refractivity contribution < 1.29 is 5.11 Å². The molecule has 0 saturated heterocycles. The molecule has 0 aromatic rings. The summed E-state index contributed by atoms with van der Waals surface area (Å²) in [5.41, 5.74) is 0. The van der Waals surface area contributed by atoms with E-state index in [9.17, 15) is 5.11 Å². The van der Waals surface area contributed by atoms with Gasteiger partial charge in [-0.2, -0.15) is 0 Å². The molecule has 88 valence electrons. The number of likely N-dealkylation sites (N-methyl/N-ethyl adjacent to an activating group) is 1. The minimum absolute atomic E-state index is 0.0845. The SMILES string of the molecule is CN(CC(O)CC1CCCC1)C1CCC1. The number of hydrogen-bond donors (Lipinski definition) is 1. The second-order valence-electron chi connectivity index (χ2n) is 5.56. The van der Waals surface area contributed by atoms with Crippen LogP contribution in [0.4, 0.5) is 0 Å². The zero-order valence-corrected chi connectivity index (χ0v) is 9.99. The lowest BCUT2D eigenvalue weighted by Gasteiger charge is -2.36. The molecule has 0 aliphatic heterocycles. The second-order valence-corrected chi connectivity index (χ2v) is 5.56. The Balaban J connectivity index is 1.64. The van der Waals surface area contributed by atoms with Crippen LogP contribution in [0.15, 0.2) is 0 Å². The van der Waals surface area contributed by atoms with Crippen molar-refractivity contribution in [3.05, 3.63) is 0 Å². The van der Waals surface area contributed by atoms with Crippen LogP contribution in [0, 0.1) is 5.92 Å². The van der Waals surface area contributed by atoms with E-state index in [1.165, 1.54) is 44.9 Å². The van der Waals surface area contributed by atoms with E-state index < -0.39 is 0 Å². The third kappa shape index (κ3) is 3.18. The van der Waals surface area contributed by atoms with Crippen LogP contribution in [0.5, 0.6) is 0 Å². The molecule has 2 saturated carbocycles. The highest BCUT2D eigenvalue weighted by Crippen LogP contribution is 2.29. The molecule has 0 heterocycles. The summed E-state index contributed by atoms with van der Waals surface area (Å²) in [6.45, 7) is 0.890. The van der Waals surface area contributed by atoms with E-state index in [0.717, 1.165) is 24.9 Å². The largest absolute Gasteiger partial charge is 0.392 e. The summed E-state index contributed by atoms with van der Waals surface area (Å²) in [5.74, 6) is 0.815. The summed E-state index contributed by atoms with van der Waals surface area (Å²) in [7, 11) is 2.17. The van der Waals surface area contributed by atoms with Gasteiger partial charge >= 0.3 is 0 Å². The molecule has 2 nitrogen and oxygen atoms in total. The van der Waals surface area contributed by atoms with Crippen molar-refractivity contribution in [2.24, 2.45) is 5.92 Å². The van der Waals surface area contributed by atoms with Gasteiger partial charge in [0.1, 0.15) is 0 Å². The van der Waals surface area contributed by atoms with Gasteiger partial charge in [-0.25, -0.2) is 0 Å². The Morgan fingerprint density at radius 1 is 1.13 bits per heavy atom. The van der Waals surface area contributed by atoms with Crippen LogP contribution in [-0.2, 0) is 0 Å². The molecule has 0 aromatic heterocycles. The fraction of sp³-hybridized carbons (Fsp3) is 1.00. The molecule has 2 aliphatic carbocycles. The molecule has 0 amide bonds. The Bertz CT molecular complexity index is 185. The number of nitrogens with zero attached hydrogens (tertiary/aromatic N) is 1. The van der Waals surface area contributed by atoms with Crippen molar-refractivity contribution >= 4 is 0 Å². The summed E-state index contributed by atoms with van der Waals surface area (Å²) >= 11 is 0. The molecule has 1 N–H and O–H groups in total. The highest BCUT2D eigenvalue weighted by molar-refractivity contribution is 4.80. The van der Waals surface area contributed by atoms with Crippen molar-refractivity contribution in [1.82, 2.24) is 4.90 Å². The van der Waals surface area contributed by atoms with Gasteiger partial charge in [0.2, 0.25) is 0 Å².